The fraction of sp³-hybridized carbons (Fsp3) is 1.00. The summed E-state index contributed by atoms with van der Waals surface area (Å²) in [6.45, 7) is 7.53. The summed E-state index contributed by atoms with van der Waals surface area (Å²) in [5.74, 6) is 0. The topological polar surface area (TPSA) is 41.5 Å². The van der Waals surface area contributed by atoms with Crippen LogP contribution in [0.15, 0.2) is 0 Å². The molecule has 16 heavy (non-hydrogen) atoms. The van der Waals surface area contributed by atoms with Crippen LogP contribution in [0, 0.1) is 0 Å². The van der Waals surface area contributed by atoms with E-state index in [0.717, 1.165) is 25.9 Å². The molecular weight excluding hydrogens is 202 g/mol. The maximum Gasteiger partial charge on any atom is 0.0616 e. The third-order valence-electron chi connectivity index (χ3n) is 3.27. The zero-order valence-electron chi connectivity index (χ0n) is 11.4. The van der Waals surface area contributed by atoms with Crippen molar-refractivity contribution in [2.24, 2.45) is 0 Å². The maximum absolute atomic E-state index is 9.08. The first kappa shape index (κ1) is 15.9. The summed E-state index contributed by atoms with van der Waals surface area (Å²) >= 11 is 0. The highest BCUT2D eigenvalue weighted by Gasteiger charge is 2.24. The van der Waals surface area contributed by atoms with E-state index in [2.05, 4.69) is 26.1 Å². The zero-order chi connectivity index (χ0) is 12.4. The van der Waals surface area contributed by atoms with Crippen LogP contribution in [0.3, 0.4) is 0 Å². The number of nitrogens with one attached hydrogen (secondary N) is 1. The smallest absolute Gasteiger partial charge is 0.0616 e. The van der Waals surface area contributed by atoms with Gasteiger partial charge in [0.1, 0.15) is 0 Å². The van der Waals surface area contributed by atoms with E-state index in [4.69, 9.17) is 9.84 Å². The number of ether oxygens (including phenoxy) is 1. The van der Waals surface area contributed by atoms with Gasteiger partial charge in [0, 0.05) is 25.3 Å². The molecule has 0 bridgehead atoms. The predicted octanol–water partition coefficient (Wildman–Crippen LogP) is 2.33. The number of aliphatic hydroxyl groups is 1. The number of unbranched alkanes of at least 4 members (excludes halogenated alkanes) is 1. The molecule has 0 fully saturated rings. The lowest BCUT2D eigenvalue weighted by Crippen LogP contribution is -2.50. The predicted molar refractivity (Wildman–Crippen MR) is 68.7 cm³/mol. The first-order valence-electron chi connectivity index (χ1n) is 6.49. The van der Waals surface area contributed by atoms with Gasteiger partial charge in [0.2, 0.25) is 0 Å². The standard InChI is InChI=1S/C13H29NO2/c1-5-7-8-12(11-16-4)14-13(3,6-2)9-10-15/h12,14-15H,5-11H2,1-4H3. The molecule has 0 aliphatic heterocycles. The molecule has 0 heterocycles. The Labute approximate surface area is 101 Å². The molecule has 0 aliphatic rings. The van der Waals surface area contributed by atoms with Crippen LogP contribution < -0.4 is 5.32 Å². The third kappa shape index (κ3) is 6.46. The van der Waals surface area contributed by atoms with Gasteiger partial charge < -0.3 is 15.2 Å². The number of hydrogen-bond donors (Lipinski definition) is 2. The van der Waals surface area contributed by atoms with E-state index in [-0.39, 0.29) is 12.1 Å². The summed E-state index contributed by atoms with van der Waals surface area (Å²) in [5, 5.41) is 12.7. The van der Waals surface area contributed by atoms with Gasteiger partial charge >= 0.3 is 0 Å². The van der Waals surface area contributed by atoms with E-state index in [1.807, 2.05) is 0 Å². The molecule has 98 valence electrons. The molecular formula is C13H29NO2. The third-order valence-corrected chi connectivity index (χ3v) is 3.27. The molecule has 0 aromatic carbocycles. The Balaban J connectivity index is 4.20. The van der Waals surface area contributed by atoms with Crippen LogP contribution in [0.1, 0.15) is 52.9 Å². The summed E-state index contributed by atoms with van der Waals surface area (Å²) in [6, 6.07) is 0.404. The van der Waals surface area contributed by atoms with Crippen molar-refractivity contribution in [3.05, 3.63) is 0 Å². The summed E-state index contributed by atoms with van der Waals surface area (Å²) in [7, 11) is 1.75. The molecule has 0 amide bonds. The van der Waals surface area contributed by atoms with Gasteiger partial charge in [0.05, 0.1) is 6.61 Å². The lowest BCUT2D eigenvalue weighted by molar-refractivity contribution is 0.128. The first-order valence-corrected chi connectivity index (χ1v) is 6.49. The average Bonchev–Trinajstić information content (AvgIpc) is 2.26. The van der Waals surface area contributed by atoms with Crippen LogP contribution >= 0.6 is 0 Å². The first-order chi connectivity index (χ1) is 7.61. The summed E-state index contributed by atoms with van der Waals surface area (Å²) in [5.41, 5.74) is 0.0334. The largest absolute Gasteiger partial charge is 0.396 e. The monoisotopic (exact) mass is 231 g/mol. The molecule has 0 radical (unpaired) electrons. The highest BCUT2D eigenvalue weighted by molar-refractivity contribution is 4.85. The summed E-state index contributed by atoms with van der Waals surface area (Å²) < 4.78 is 5.24. The van der Waals surface area contributed by atoms with E-state index in [0.29, 0.717) is 6.04 Å². The number of hydrogen-bond acceptors (Lipinski definition) is 3. The van der Waals surface area contributed by atoms with Gasteiger partial charge in [-0.15, -0.1) is 0 Å². The van der Waals surface area contributed by atoms with Crippen LogP contribution in [0.25, 0.3) is 0 Å². The minimum absolute atomic E-state index is 0.0334. The highest BCUT2D eigenvalue weighted by atomic mass is 16.5. The van der Waals surface area contributed by atoms with Crippen molar-refractivity contribution in [3.63, 3.8) is 0 Å². The van der Waals surface area contributed by atoms with Crippen molar-refractivity contribution in [3.8, 4) is 0 Å². The van der Waals surface area contributed by atoms with Gasteiger partial charge in [-0.3, -0.25) is 0 Å². The lowest BCUT2D eigenvalue weighted by Gasteiger charge is -2.34. The second-order valence-corrected chi connectivity index (χ2v) is 4.83. The summed E-state index contributed by atoms with van der Waals surface area (Å²) in [4.78, 5) is 0. The van der Waals surface area contributed by atoms with Crippen molar-refractivity contribution < 1.29 is 9.84 Å². The van der Waals surface area contributed by atoms with Gasteiger partial charge in [0.15, 0.2) is 0 Å². The Morgan fingerprint density at radius 2 is 2.06 bits per heavy atom. The average molecular weight is 231 g/mol. The molecule has 3 heteroatoms. The molecule has 2 N–H and O–H groups in total. The van der Waals surface area contributed by atoms with Gasteiger partial charge in [0.25, 0.3) is 0 Å². The van der Waals surface area contributed by atoms with E-state index in [1.54, 1.807) is 7.11 Å². The molecule has 0 saturated carbocycles. The van der Waals surface area contributed by atoms with Crippen LogP contribution in [-0.4, -0.2) is 37.0 Å². The van der Waals surface area contributed by atoms with E-state index < -0.39 is 0 Å². The molecule has 0 saturated heterocycles. The van der Waals surface area contributed by atoms with Crippen molar-refractivity contribution in [2.45, 2.75) is 64.5 Å². The molecule has 3 nitrogen and oxygen atoms in total. The van der Waals surface area contributed by atoms with Crippen LogP contribution in [0.2, 0.25) is 0 Å². The second kappa shape index (κ2) is 8.97. The minimum atomic E-state index is 0.0334. The van der Waals surface area contributed by atoms with Gasteiger partial charge in [-0.1, -0.05) is 26.7 Å². The quantitative estimate of drug-likeness (QED) is 0.606. The Bertz CT molecular complexity index is 164. The second-order valence-electron chi connectivity index (χ2n) is 4.83. The molecule has 2 atom stereocenters. The normalized spacial score (nSPS) is 17.1. The zero-order valence-corrected chi connectivity index (χ0v) is 11.4. The highest BCUT2D eigenvalue weighted by Crippen LogP contribution is 2.16. The fourth-order valence-corrected chi connectivity index (χ4v) is 1.94. The van der Waals surface area contributed by atoms with Crippen LogP contribution in [-0.2, 0) is 4.74 Å². The molecule has 0 rings (SSSR count). The van der Waals surface area contributed by atoms with Gasteiger partial charge in [-0.05, 0) is 26.2 Å². The molecule has 0 aromatic heterocycles. The SMILES string of the molecule is CCCCC(COC)NC(C)(CC)CCO. The van der Waals surface area contributed by atoms with Crippen molar-refractivity contribution in [1.82, 2.24) is 5.32 Å². The van der Waals surface area contributed by atoms with E-state index in [1.165, 1.54) is 12.8 Å². The minimum Gasteiger partial charge on any atom is -0.396 e. The maximum atomic E-state index is 9.08. The fourth-order valence-electron chi connectivity index (χ4n) is 1.94. The van der Waals surface area contributed by atoms with E-state index in [9.17, 15) is 0 Å². The number of aliphatic hydroxyl groups excluding tert-OH is 1. The Kier molecular flexibility index (Phi) is 8.90. The molecule has 0 aromatic rings. The Morgan fingerprint density at radius 1 is 1.38 bits per heavy atom. The van der Waals surface area contributed by atoms with E-state index >= 15 is 0 Å². The van der Waals surface area contributed by atoms with Crippen LogP contribution in [0.5, 0.6) is 0 Å². The number of rotatable bonds is 10. The van der Waals surface area contributed by atoms with Crippen molar-refractivity contribution in [1.29, 1.82) is 0 Å². The van der Waals surface area contributed by atoms with Crippen molar-refractivity contribution in [2.75, 3.05) is 20.3 Å². The summed E-state index contributed by atoms with van der Waals surface area (Å²) in [6.07, 6.45) is 5.41. The van der Waals surface area contributed by atoms with Crippen molar-refractivity contribution >= 4 is 0 Å². The van der Waals surface area contributed by atoms with Gasteiger partial charge in [-0.25, -0.2) is 0 Å². The molecule has 2 unspecified atom stereocenters. The Hall–Kier alpha value is -0.120. The van der Waals surface area contributed by atoms with Crippen LogP contribution in [0.4, 0.5) is 0 Å². The molecule has 0 spiro atoms. The molecule has 0 aliphatic carbocycles. The number of methoxy groups -OCH3 is 1. The van der Waals surface area contributed by atoms with Gasteiger partial charge in [-0.2, -0.15) is 0 Å². The Morgan fingerprint density at radius 3 is 2.50 bits per heavy atom. The lowest BCUT2D eigenvalue weighted by atomic mass is 9.93.